The molecule has 1 aliphatic rings. The molecule has 0 amide bonds. The first-order chi connectivity index (χ1) is 9.58. The lowest BCUT2D eigenvalue weighted by Gasteiger charge is -2.21. The Labute approximate surface area is 124 Å². The maximum absolute atomic E-state index is 13.5. The number of ether oxygens (including phenoxy) is 1. The normalized spacial score (nSPS) is 22.6. The van der Waals surface area contributed by atoms with Gasteiger partial charge in [0.05, 0.1) is 11.1 Å². The molecule has 2 N–H and O–H groups in total. The summed E-state index contributed by atoms with van der Waals surface area (Å²) >= 11 is 5.72. The molecule has 20 heavy (non-hydrogen) atoms. The number of rotatable bonds is 6. The van der Waals surface area contributed by atoms with Gasteiger partial charge in [0.15, 0.2) is 0 Å². The highest BCUT2D eigenvalue weighted by molar-refractivity contribution is 6.30. The largest absolute Gasteiger partial charge is 0.372 e. The van der Waals surface area contributed by atoms with Crippen molar-refractivity contribution in [3.05, 3.63) is 34.6 Å². The van der Waals surface area contributed by atoms with Gasteiger partial charge < -0.3 is 15.4 Å². The zero-order valence-corrected chi connectivity index (χ0v) is 12.7. The Morgan fingerprint density at radius 3 is 2.90 bits per heavy atom. The summed E-state index contributed by atoms with van der Waals surface area (Å²) in [5.41, 5.74) is 0.846. The van der Waals surface area contributed by atoms with E-state index in [4.69, 9.17) is 16.3 Å². The highest BCUT2D eigenvalue weighted by atomic mass is 35.5. The van der Waals surface area contributed by atoms with E-state index in [2.05, 4.69) is 24.5 Å². The van der Waals surface area contributed by atoms with E-state index >= 15 is 0 Å². The molecule has 1 saturated heterocycles. The van der Waals surface area contributed by atoms with Crippen molar-refractivity contribution in [2.24, 2.45) is 0 Å². The average molecular weight is 301 g/mol. The zero-order valence-electron chi connectivity index (χ0n) is 12.0. The molecule has 0 radical (unpaired) electrons. The van der Waals surface area contributed by atoms with Gasteiger partial charge in [-0.1, -0.05) is 31.5 Å². The number of nitrogens with one attached hydrogen (secondary N) is 2. The van der Waals surface area contributed by atoms with Gasteiger partial charge in [-0.15, -0.1) is 0 Å². The van der Waals surface area contributed by atoms with E-state index in [-0.39, 0.29) is 23.0 Å². The van der Waals surface area contributed by atoms with E-state index in [1.165, 1.54) is 6.07 Å². The van der Waals surface area contributed by atoms with E-state index in [0.29, 0.717) is 12.6 Å². The molecule has 0 unspecified atom stereocenters. The van der Waals surface area contributed by atoms with Crippen molar-refractivity contribution in [2.45, 2.75) is 38.5 Å². The Bertz CT molecular complexity index is 442. The topological polar surface area (TPSA) is 33.3 Å². The van der Waals surface area contributed by atoms with E-state index in [0.717, 1.165) is 25.1 Å². The van der Waals surface area contributed by atoms with Crippen molar-refractivity contribution in [2.75, 3.05) is 19.7 Å². The molecule has 1 aromatic carbocycles. The highest BCUT2D eigenvalue weighted by Crippen LogP contribution is 2.30. The van der Waals surface area contributed by atoms with Crippen molar-refractivity contribution in [3.63, 3.8) is 0 Å². The summed E-state index contributed by atoms with van der Waals surface area (Å²) < 4.78 is 19.3. The molecule has 1 aliphatic heterocycles. The summed E-state index contributed by atoms with van der Waals surface area (Å²) in [6, 6.07) is 5.61. The van der Waals surface area contributed by atoms with Gasteiger partial charge in [-0.25, -0.2) is 4.39 Å². The second-order valence-corrected chi connectivity index (χ2v) is 5.83. The first kappa shape index (κ1) is 15.7. The Morgan fingerprint density at radius 2 is 2.20 bits per heavy atom. The fourth-order valence-electron chi connectivity index (χ4n) is 2.43. The van der Waals surface area contributed by atoms with Crippen molar-refractivity contribution in [3.8, 4) is 0 Å². The first-order valence-electron chi connectivity index (χ1n) is 7.11. The second kappa shape index (κ2) is 7.36. The van der Waals surface area contributed by atoms with Gasteiger partial charge in [0, 0.05) is 31.8 Å². The lowest BCUT2D eigenvalue weighted by Crippen LogP contribution is -2.38. The minimum atomic E-state index is -0.389. The van der Waals surface area contributed by atoms with Gasteiger partial charge in [-0.3, -0.25) is 0 Å². The molecule has 2 atom stereocenters. The van der Waals surface area contributed by atoms with Gasteiger partial charge in [-0.2, -0.15) is 0 Å². The van der Waals surface area contributed by atoms with E-state index in [9.17, 15) is 4.39 Å². The standard InChI is InChI=1S/C15H22ClFN2O/c1-10(2)18-6-7-19-14-5-8-20-15(14)11-3-4-12(16)13(17)9-11/h3-4,9-10,14-15,18-19H,5-8H2,1-2H3/t14-,15+/m1/s1. The number of benzene rings is 1. The fourth-order valence-corrected chi connectivity index (χ4v) is 2.55. The molecule has 0 spiro atoms. The van der Waals surface area contributed by atoms with Crippen molar-refractivity contribution in [1.29, 1.82) is 0 Å². The molecule has 0 aliphatic carbocycles. The van der Waals surface area contributed by atoms with Gasteiger partial charge >= 0.3 is 0 Å². The summed E-state index contributed by atoms with van der Waals surface area (Å²) in [7, 11) is 0. The molecule has 0 aromatic heterocycles. The molecule has 1 aromatic rings. The summed E-state index contributed by atoms with van der Waals surface area (Å²) in [5, 5.41) is 6.99. The molecule has 0 saturated carbocycles. The number of hydrogen-bond acceptors (Lipinski definition) is 3. The first-order valence-corrected chi connectivity index (χ1v) is 7.49. The Hall–Kier alpha value is -0.680. The minimum Gasteiger partial charge on any atom is -0.372 e. The molecular weight excluding hydrogens is 279 g/mol. The third-order valence-electron chi connectivity index (χ3n) is 3.45. The lowest BCUT2D eigenvalue weighted by molar-refractivity contribution is 0.0986. The monoisotopic (exact) mass is 300 g/mol. The van der Waals surface area contributed by atoms with Crippen molar-refractivity contribution in [1.82, 2.24) is 10.6 Å². The van der Waals surface area contributed by atoms with Crippen LogP contribution in [-0.2, 0) is 4.74 Å². The Balaban J connectivity index is 1.91. The summed E-state index contributed by atoms with van der Waals surface area (Å²) in [4.78, 5) is 0. The third-order valence-corrected chi connectivity index (χ3v) is 3.75. The third kappa shape index (κ3) is 4.16. The Kier molecular flexibility index (Phi) is 5.78. The molecule has 2 rings (SSSR count). The predicted molar refractivity (Wildman–Crippen MR) is 79.6 cm³/mol. The van der Waals surface area contributed by atoms with Crippen molar-refractivity contribution >= 4 is 11.6 Å². The van der Waals surface area contributed by atoms with Crippen LogP contribution in [0.2, 0.25) is 5.02 Å². The second-order valence-electron chi connectivity index (χ2n) is 5.42. The maximum atomic E-state index is 13.5. The lowest BCUT2D eigenvalue weighted by atomic mass is 10.0. The van der Waals surface area contributed by atoms with Crippen LogP contribution in [0, 0.1) is 5.82 Å². The van der Waals surface area contributed by atoms with Crippen LogP contribution in [0.15, 0.2) is 18.2 Å². The quantitative estimate of drug-likeness (QED) is 0.793. The predicted octanol–water partition coefficient (Wildman–Crippen LogP) is 2.90. The molecule has 5 heteroatoms. The molecule has 1 heterocycles. The van der Waals surface area contributed by atoms with Crippen LogP contribution in [0.3, 0.4) is 0 Å². The van der Waals surface area contributed by atoms with Gasteiger partial charge in [0.25, 0.3) is 0 Å². The van der Waals surface area contributed by atoms with E-state index < -0.39 is 0 Å². The van der Waals surface area contributed by atoms with E-state index in [1.807, 2.05) is 6.07 Å². The van der Waals surface area contributed by atoms with Gasteiger partial charge in [0.2, 0.25) is 0 Å². The molecule has 112 valence electrons. The van der Waals surface area contributed by atoms with Gasteiger partial charge in [0.1, 0.15) is 5.82 Å². The smallest absolute Gasteiger partial charge is 0.142 e. The zero-order chi connectivity index (χ0) is 14.5. The molecule has 1 fully saturated rings. The highest BCUT2D eigenvalue weighted by Gasteiger charge is 2.29. The van der Waals surface area contributed by atoms with Crippen LogP contribution >= 0.6 is 11.6 Å². The van der Waals surface area contributed by atoms with Crippen LogP contribution in [0.25, 0.3) is 0 Å². The van der Waals surface area contributed by atoms with E-state index in [1.54, 1.807) is 6.07 Å². The van der Waals surface area contributed by atoms with Crippen molar-refractivity contribution < 1.29 is 9.13 Å². The molecule has 3 nitrogen and oxygen atoms in total. The van der Waals surface area contributed by atoms with Crippen LogP contribution in [0.1, 0.15) is 31.9 Å². The summed E-state index contributed by atoms with van der Waals surface area (Å²) in [6.07, 6.45) is 0.845. The Morgan fingerprint density at radius 1 is 1.40 bits per heavy atom. The average Bonchev–Trinajstić information content (AvgIpc) is 2.86. The summed E-state index contributed by atoms with van der Waals surface area (Å²) in [5.74, 6) is -0.389. The van der Waals surface area contributed by atoms with Crippen LogP contribution in [-0.4, -0.2) is 31.8 Å². The maximum Gasteiger partial charge on any atom is 0.142 e. The molecular formula is C15H22ClFN2O. The van der Waals surface area contributed by atoms with Crippen LogP contribution in [0.5, 0.6) is 0 Å². The summed E-state index contributed by atoms with van der Waals surface area (Å²) in [6.45, 7) is 6.73. The fraction of sp³-hybridized carbons (Fsp3) is 0.600. The minimum absolute atomic E-state index is 0.0965. The van der Waals surface area contributed by atoms with Crippen LogP contribution in [0.4, 0.5) is 4.39 Å². The SMILES string of the molecule is CC(C)NCCN[C@@H]1CCO[C@H]1c1ccc(Cl)c(F)c1. The number of hydrogen-bond donors (Lipinski definition) is 2. The molecule has 0 bridgehead atoms. The number of halogens is 2. The van der Waals surface area contributed by atoms with Crippen LogP contribution < -0.4 is 10.6 Å². The van der Waals surface area contributed by atoms with Gasteiger partial charge in [-0.05, 0) is 24.1 Å².